The van der Waals surface area contributed by atoms with Gasteiger partial charge in [-0.25, -0.2) is 4.98 Å². The number of benzene rings is 7. The zero-order valence-corrected chi connectivity index (χ0v) is 23.7. The minimum atomic E-state index is 0.662. The molecule has 0 aliphatic heterocycles. The van der Waals surface area contributed by atoms with Crippen LogP contribution in [0.15, 0.2) is 138 Å². The van der Waals surface area contributed by atoms with Crippen molar-refractivity contribution in [1.29, 1.82) is 0 Å². The number of hydrogen-bond donors (Lipinski definition) is 0. The number of nitrogens with zero attached hydrogens (tertiary/aromatic N) is 2. The molecular formula is C39H22N2OS. The topological polar surface area (TPSA) is 31.0 Å². The van der Waals surface area contributed by atoms with Crippen molar-refractivity contribution in [2.75, 3.05) is 0 Å². The van der Waals surface area contributed by atoms with E-state index in [1.807, 2.05) is 35.6 Å². The minimum Gasteiger partial charge on any atom is -0.436 e. The monoisotopic (exact) mass is 566 g/mol. The Labute approximate surface area is 249 Å². The van der Waals surface area contributed by atoms with Gasteiger partial charge in [-0.3, -0.25) is 0 Å². The van der Waals surface area contributed by atoms with Crippen molar-refractivity contribution in [3.63, 3.8) is 0 Å². The van der Waals surface area contributed by atoms with Crippen LogP contribution in [0.3, 0.4) is 0 Å². The molecule has 0 atom stereocenters. The molecule has 0 unspecified atom stereocenters. The van der Waals surface area contributed by atoms with Gasteiger partial charge in [-0.2, -0.15) is 0 Å². The van der Waals surface area contributed by atoms with Gasteiger partial charge in [0.05, 0.1) is 11.0 Å². The van der Waals surface area contributed by atoms with Crippen LogP contribution in [-0.2, 0) is 0 Å². The van der Waals surface area contributed by atoms with E-state index in [1.54, 1.807) is 0 Å². The van der Waals surface area contributed by atoms with Crippen molar-refractivity contribution in [3.8, 4) is 17.1 Å². The lowest BCUT2D eigenvalue weighted by Crippen LogP contribution is -1.94. The predicted molar refractivity (Wildman–Crippen MR) is 182 cm³/mol. The van der Waals surface area contributed by atoms with Crippen LogP contribution in [0.4, 0.5) is 0 Å². The molecule has 0 saturated carbocycles. The summed E-state index contributed by atoms with van der Waals surface area (Å²) in [5, 5.41) is 9.91. The number of rotatable bonds is 2. The fraction of sp³-hybridized carbons (Fsp3) is 0. The Morgan fingerprint density at radius 3 is 2.23 bits per heavy atom. The highest BCUT2D eigenvalue weighted by molar-refractivity contribution is 7.26. The molecule has 4 heteroatoms. The summed E-state index contributed by atoms with van der Waals surface area (Å²) in [6.45, 7) is 0. The summed E-state index contributed by atoms with van der Waals surface area (Å²) in [5.74, 6) is 0.662. The lowest BCUT2D eigenvalue weighted by Gasteiger charge is -2.10. The molecule has 0 fully saturated rings. The van der Waals surface area contributed by atoms with Crippen LogP contribution in [0.5, 0.6) is 0 Å². The summed E-state index contributed by atoms with van der Waals surface area (Å²) in [6.07, 6.45) is 0. The summed E-state index contributed by atoms with van der Waals surface area (Å²) >= 11 is 1.85. The van der Waals surface area contributed by atoms with E-state index in [0.717, 1.165) is 22.4 Å². The van der Waals surface area contributed by atoms with Crippen molar-refractivity contribution < 1.29 is 4.42 Å². The molecule has 0 bridgehead atoms. The van der Waals surface area contributed by atoms with Crippen molar-refractivity contribution >= 4 is 86.0 Å². The Morgan fingerprint density at radius 2 is 1.33 bits per heavy atom. The van der Waals surface area contributed by atoms with Gasteiger partial charge in [0.2, 0.25) is 5.89 Å². The van der Waals surface area contributed by atoms with Crippen LogP contribution < -0.4 is 0 Å². The van der Waals surface area contributed by atoms with E-state index in [4.69, 9.17) is 9.40 Å². The molecule has 0 saturated heterocycles. The molecule has 10 rings (SSSR count). The minimum absolute atomic E-state index is 0.662. The normalized spacial score (nSPS) is 12.2. The summed E-state index contributed by atoms with van der Waals surface area (Å²) in [4.78, 5) is 4.92. The number of oxazole rings is 1. The molecular weight excluding hydrogens is 545 g/mol. The van der Waals surface area contributed by atoms with Crippen molar-refractivity contribution in [3.05, 3.63) is 133 Å². The SMILES string of the molecule is c1ccc2c(c1)cc(-c1nc3ccccc3o1)c1c3ccc(-n4c5ccccc5c5ccc6ccccc6c54)cc3sc21. The van der Waals surface area contributed by atoms with Crippen molar-refractivity contribution in [2.24, 2.45) is 0 Å². The molecule has 7 aromatic carbocycles. The molecule has 10 aromatic rings. The Balaban J connectivity index is 1.31. The largest absolute Gasteiger partial charge is 0.436 e. The van der Waals surface area contributed by atoms with Gasteiger partial charge in [0.25, 0.3) is 0 Å². The fourth-order valence-corrected chi connectivity index (χ4v) is 8.19. The number of thiophene rings is 1. The maximum absolute atomic E-state index is 6.34. The van der Waals surface area contributed by atoms with E-state index in [9.17, 15) is 0 Å². The van der Waals surface area contributed by atoms with Gasteiger partial charge in [0.15, 0.2) is 5.58 Å². The van der Waals surface area contributed by atoms with Gasteiger partial charge >= 0.3 is 0 Å². The number of hydrogen-bond acceptors (Lipinski definition) is 3. The van der Waals surface area contributed by atoms with Crippen LogP contribution in [-0.4, -0.2) is 9.55 Å². The van der Waals surface area contributed by atoms with Crippen LogP contribution in [0, 0.1) is 0 Å². The molecule has 0 N–H and O–H groups in total. The number of fused-ring (bicyclic) bond motifs is 11. The third kappa shape index (κ3) is 3.21. The maximum Gasteiger partial charge on any atom is 0.228 e. The highest BCUT2D eigenvalue weighted by atomic mass is 32.1. The fourth-order valence-electron chi connectivity index (χ4n) is 6.89. The zero-order chi connectivity index (χ0) is 28.1. The van der Waals surface area contributed by atoms with Gasteiger partial charge in [-0.15, -0.1) is 11.3 Å². The molecule has 0 aliphatic carbocycles. The van der Waals surface area contributed by atoms with Crippen LogP contribution in [0.1, 0.15) is 0 Å². The molecule has 0 amide bonds. The second-order valence-corrected chi connectivity index (χ2v) is 12.2. The zero-order valence-electron chi connectivity index (χ0n) is 22.9. The molecule has 3 heterocycles. The molecule has 0 radical (unpaired) electrons. The van der Waals surface area contributed by atoms with Gasteiger partial charge in [0.1, 0.15) is 5.52 Å². The quantitative estimate of drug-likeness (QED) is 0.208. The highest BCUT2D eigenvalue weighted by Crippen LogP contribution is 2.46. The third-order valence-corrected chi connectivity index (χ3v) is 9.98. The molecule has 0 aliphatic rings. The van der Waals surface area contributed by atoms with Crippen molar-refractivity contribution in [1.82, 2.24) is 9.55 Å². The van der Waals surface area contributed by atoms with Crippen LogP contribution >= 0.6 is 11.3 Å². The second-order valence-electron chi connectivity index (χ2n) is 11.2. The second kappa shape index (κ2) is 8.54. The first-order valence-electron chi connectivity index (χ1n) is 14.5. The number of para-hydroxylation sites is 3. The Morgan fingerprint density at radius 1 is 0.581 bits per heavy atom. The van der Waals surface area contributed by atoms with E-state index < -0.39 is 0 Å². The smallest absolute Gasteiger partial charge is 0.228 e. The van der Waals surface area contributed by atoms with E-state index in [0.29, 0.717) is 5.89 Å². The van der Waals surface area contributed by atoms with E-state index >= 15 is 0 Å². The Hall–Kier alpha value is -5.45. The molecule has 3 nitrogen and oxygen atoms in total. The van der Waals surface area contributed by atoms with E-state index in [-0.39, 0.29) is 0 Å². The Bertz CT molecular complexity index is 2710. The van der Waals surface area contributed by atoms with E-state index in [1.165, 1.54) is 63.5 Å². The van der Waals surface area contributed by atoms with Crippen LogP contribution in [0.25, 0.3) is 91.8 Å². The molecule has 200 valence electrons. The van der Waals surface area contributed by atoms with Gasteiger partial charge in [-0.1, -0.05) is 97.1 Å². The standard InChI is InChI=1S/C39H22N2OS/c1-3-11-26-23(9-1)17-19-29-28-13-5-7-15-33(28)41(37(26)29)25-18-20-30-35(22-25)43-38-27-12-4-2-10-24(27)21-31(36(30)38)39-40-32-14-6-8-16-34(32)42-39/h1-22H. The molecule has 43 heavy (non-hydrogen) atoms. The summed E-state index contributed by atoms with van der Waals surface area (Å²) in [6, 6.07) is 47.7. The van der Waals surface area contributed by atoms with Gasteiger partial charge < -0.3 is 8.98 Å². The average Bonchev–Trinajstić information content (AvgIpc) is 3.76. The Kier molecular flexibility index (Phi) is 4.60. The predicted octanol–water partition coefficient (Wildman–Crippen LogP) is 11.3. The lowest BCUT2D eigenvalue weighted by molar-refractivity contribution is 0.621. The summed E-state index contributed by atoms with van der Waals surface area (Å²) < 4.78 is 11.3. The van der Waals surface area contributed by atoms with E-state index in [2.05, 4.69) is 114 Å². The summed E-state index contributed by atoms with van der Waals surface area (Å²) in [7, 11) is 0. The maximum atomic E-state index is 6.34. The third-order valence-electron chi connectivity index (χ3n) is 8.79. The van der Waals surface area contributed by atoms with Crippen molar-refractivity contribution in [2.45, 2.75) is 0 Å². The first-order chi connectivity index (χ1) is 21.3. The summed E-state index contributed by atoms with van der Waals surface area (Å²) in [5.41, 5.74) is 6.34. The highest BCUT2D eigenvalue weighted by Gasteiger charge is 2.20. The van der Waals surface area contributed by atoms with Crippen LogP contribution in [0.2, 0.25) is 0 Å². The lowest BCUT2D eigenvalue weighted by atomic mass is 10.00. The molecule has 3 aromatic heterocycles. The van der Waals surface area contributed by atoms with Gasteiger partial charge in [0, 0.05) is 47.6 Å². The average molecular weight is 567 g/mol. The number of aromatic nitrogens is 2. The van der Waals surface area contributed by atoms with Gasteiger partial charge in [-0.05, 0) is 52.6 Å². The molecule has 0 spiro atoms. The first kappa shape index (κ1) is 23.1. The first-order valence-corrected chi connectivity index (χ1v) is 15.3.